The van der Waals surface area contributed by atoms with Crippen molar-refractivity contribution in [2.45, 2.75) is 25.4 Å². The summed E-state index contributed by atoms with van der Waals surface area (Å²) in [6, 6.07) is 7.07. The fourth-order valence-electron chi connectivity index (χ4n) is 3.75. The van der Waals surface area contributed by atoms with Gasteiger partial charge in [0.1, 0.15) is 5.92 Å². The molecule has 31 heavy (non-hydrogen) atoms. The number of ether oxygens (including phenoxy) is 4. The van der Waals surface area contributed by atoms with E-state index >= 15 is 0 Å². The molecule has 0 amide bonds. The van der Waals surface area contributed by atoms with Gasteiger partial charge in [0.25, 0.3) is 0 Å². The number of hydrogen-bond acceptors (Lipinski definition) is 10. The van der Waals surface area contributed by atoms with E-state index in [1.807, 2.05) is 6.07 Å². The fourth-order valence-corrected chi connectivity index (χ4v) is 3.75. The van der Waals surface area contributed by atoms with Crippen molar-refractivity contribution in [2.24, 2.45) is 11.8 Å². The highest BCUT2D eigenvalue weighted by atomic mass is 16.6. The largest absolute Gasteiger partial charge is 0.469 e. The molecular formula is C21H24N2O8. The van der Waals surface area contributed by atoms with Crippen molar-refractivity contribution in [3.05, 3.63) is 35.4 Å². The third-order valence-corrected chi connectivity index (χ3v) is 5.09. The van der Waals surface area contributed by atoms with Crippen LogP contribution in [0.4, 0.5) is 0 Å². The number of carbonyl (C=O) groups is 4. The maximum absolute atomic E-state index is 13.1. The first-order valence-electron chi connectivity index (χ1n) is 9.60. The van der Waals surface area contributed by atoms with Crippen LogP contribution in [-0.2, 0) is 38.1 Å². The summed E-state index contributed by atoms with van der Waals surface area (Å²) in [6.45, 7) is 2.91. The van der Waals surface area contributed by atoms with Crippen molar-refractivity contribution in [1.29, 1.82) is 5.26 Å². The molecule has 10 nitrogen and oxygen atoms in total. The van der Waals surface area contributed by atoms with Gasteiger partial charge in [0.2, 0.25) is 5.54 Å². The Morgan fingerprint density at radius 3 is 1.90 bits per heavy atom. The molecule has 0 bridgehead atoms. The van der Waals surface area contributed by atoms with Crippen LogP contribution in [0.25, 0.3) is 0 Å². The molecule has 1 aromatic rings. The van der Waals surface area contributed by atoms with Gasteiger partial charge in [-0.2, -0.15) is 5.26 Å². The van der Waals surface area contributed by atoms with E-state index in [0.29, 0.717) is 11.1 Å². The fraction of sp³-hybridized carbons (Fsp3) is 0.476. The van der Waals surface area contributed by atoms with Gasteiger partial charge in [0.05, 0.1) is 45.0 Å². The van der Waals surface area contributed by atoms with Gasteiger partial charge >= 0.3 is 23.9 Å². The van der Waals surface area contributed by atoms with Gasteiger partial charge in [-0.1, -0.05) is 12.1 Å². The van der Waals surface area contributed by atoms with E-state index in [9.17, 15) is 19.2 Å². The minimum atomic E-state index is -2.34. The number of hydrogen-bond donors (Lipinski definition) is 1. The van der Waals surface area contributed by atoms with Crippen molar-refractivity contribution in [3.63, 3.8) is 0 Å². The van der Waals surface area contributed by atoms with Gasteiger partial charge in [-0.15, -0.1) is 0 Å². The molecule has 0 aromatic heterocycles. The minimum absolute atomic E-state index is 0.0833. The molecule has 0 aliphatic carbocycles. The Labute approximate surface area is 179 Å². The zero-order valence-corrected chi connectivity index (χ0v) is 17.7. The number of esters is 4. The molecule has 1 aromatic carbocycles. The standard InChI is InChI=1S/C21H24N2O8/c1-5-30-19(26)21(20(27)31-6-2)15(18(25)29-4)14(17(24)28-3)16(23-21)13-9-7-12(11-22)8-10-13/h7-10,14-16,23H,5-6H2,1-4H3/t14-,15-,16-/m1/s1. The van der Waals surface area contributed by atoms with Gasteiger partial charge in [-0.3, -0.25) is 14.9 Å². The van der Waals surface area contributed by atoms with Crippen LogP contribution in [0.2, 0.25) is 0 Å². The van der Waals surface area contributed by atoms with E-state index in [-0.39, 0.29) is 13.2 Å². The lowest BCUT2D eigenvalue weighted by Crippen LogP contribution is -2.62. The number of nitrogens with zero attached hydrogens (tertiary/aromatic N) is 1. The topological polar surface area (TPSA) is 141 Å². The normalized spacial score (nSPS) is 21.5. The van der Waals surface area contributed by atoms with Crippen LogP contribution >= 0.6 is 0 Å². The van der Waals surface area contributed by atoms with Crippen LogP contribution in [0, 0.1) is 23.2 Å². The third kappa shape index (κ3) is 4.22. The van der Waals surface area contributed by atoms with E-state index in [2.05, 4.69) is 5.32 Å². The van der Waals surface area contributed by atoms with Crippen LogP contribution in [0.5, 0.6) is 0 Å². The molecule has 0 spiro atoms. The number of carbonyl (C=O) groups excluding carboxylic acids is 4. The van der Waals surface area contributed by atoms with Gasteiger partial charge in [0.15, 0.2) is 0 Å². The highest BCUT2D eigenvalue weighted by Gasteiger charge is 2.69. The van der Waals surface area contributed by atoms with Gasteiger partial charge < -0.3 is 18.9 Å². The average molecular weight is 432 g/mol. The van der Waals surface area contributed by atoms with Crippen molar-refractivity contribution in [3.8, 4) is 6.07 Å². The lowest BCUT2D eigenvalue weighted by molar-refractivity contribution is -0.175. The molecule has 1 heterocycles. The van der Waals surface area contributed by atoms with Crippen molar-refractivity contribution < 1.29 is 38.1 Å². The highest BCUT2D eigenvalue weighted by molar-refractivity contribution is 6.11. The van der Waals surface area contributed by atoms with E-state index in [1.54, 1.807) is 12.1 Å². The van der Waals surface area contributed by atoms with Crippen LogP contribution in [-0.4, -0.2) is 56.8 Å². The molecule has 1 saturated heterocycles. The molecule has 1 aliphatic heterocycles. The zero-order valence-electron chi connectivity index (χ0n) is 17.7. The number of rotatable bonds is 7. The number of nitriles is 1. The quantitative estimate of drug-likeness (QED) is 0.371. The summed E-state index contributed by atoms with van der Waals surface area (Å²) < 4.78 is 19.9. The number of methoxy groups -OCH3 is 2. The Balaban J connectivity index is 2.76. The summed E-state index contributed by atoms with van der Waals surface area (Å²) in [4.78, 5) is 51.7. The molecule has 1 N–H and O–H groups in total. The SMILES string of the molecule is CCOC(=O)C1(C(=O)OCC)N[C@H](c2ccc(C#N)cc2)[C@H](C(=O)OC)[C@@H]1C(=O)OC. The summed E-state index contributed by atoms with van der Waals surface area (Å²) in [7, 11) is 2.20. The third-order valence-electron chi connectivity index (χ3n) is 5.09. The predicted octanol–water partition coefficient (Wildman–Crippen LogP) is 0.646. The second-order valence-corrected chi connectivity index (χ2v) is 6.65. The molecule has 0 saturated carbocycles. The molecule has 10 heteroatoms. The van der Waals surface area contributed by atoms with Crippen molar-refractivity contribution in [1.82, 2.24) is 5.32 Å². The molecule has 0 unspecified atom stereocenters. The van der Waals surface area contributed by atoms with E-state index in [4.69, 9.17) is 24.2 Å². The predicted molar refractivity (Wildman–Crippen MR) is 104 cm³/mol. The minimum Gasteiger partial charge on any atom is -0.469 e. The lowest BCUT2D eigenvalue weighted by Gasteiger charge is -2.30. The van der Waals surface area contributed by atoms with E-state index < -0.39 is 47.3 Å². The summed E-state index contributed by atoms with van der Waals surface area (Å²) in [5.74, 6) is -6.92. The first kappa shape index (κ1) is 23.8. The average Bonchev–Trinajstić information content (AvgIpc) is 3.15. The Morgan fingerprint density at radius 1 is 0.968 bits per heavy atom. The van der Waals surface area contributed by atoms with E-state index in [1.165, 1.54) is 26.0 Å². The smallest absolute Gasteiger partial charge is 0.339 e. The van der Waals surface area contributed by atoms with Crippen LogP contribution in [0.1, 0.15) is 31.0 Å². The molecule has 0 radical (unpaired) electrons. The Hall–Kier alpha value is -3.45. The second-order valence-electron chi connectivity index (χ2n) is 6.65. The monoisotopic (exact) mass is 432 g/mol. The maximum atomic E-state index is 13.1. The Kier molecular flexibility index (Phi) is 7.72. The first-order chi connectivity index (χ1) is 14.8. The van der Waals surface area contributed by atoms with Gasteiger partial charge in [0, 0.05) is 6.04 Å². The van der Waals surface area contributed by atoms with Crippen molar-refractivity contribution in [2.75, 3.05) is 27.4 Å². The maximum Gasteiger partial charge on any atom is 0.339 e. The summed E-state index contributed by atoms with van der Waals surface area (Å²) >= 11 is 0. The summed E-state index contributed by atoms with van der Waals surface area (Å²) in [5.41, 5.74) is -1.53. The van der Waals surface area contributed by atoms with Crippen molar-refractivity contribution >= 4 is 23.9 Å². The highest BCUT2D eigenvalue weighted by Crippen LogP contribution is 2.46. The number of nitrogens with one attached hydrogen (secondary N) is 1. The molecule has 1 fully saturated rings. The Morgan fingerprint density at radius 2 is 1.48 bits per heavy atom. The van der Waals surface area contributed by atoms with Gasteiger partial charge in [-0.25, -0.2) is 9.59 Å². The molecule has 166 valence electrons. The molecule has 3 atom stereocenters. The number of benzene rings is 1. The first-order valence-corrected chi connectivity index (χ1v) is 9.60. The van der Waals surface area contributed by atoms with E-state index in [0.717, 1.165) is 14.2 Å². The van der Waals surface area contributed by atoms with Crippen LogP contribution in [0.3, 0.4) is 0 Å². The summed E-state index contributed by atoms with van der Waals surface area (Å²) in [6.07, 6.45) is 0. The van der Waals surface area contributed by atoms with Crippen LogP contribution in [0.15, 0.2) is 24.3 Å². The van der Waals surface area contributed by atoms with Crippen LogP contribution < -0.4 is 5.32 Å². The lowest BCUT2D eigenvalue weighted by atomic mass is 9.77. The Bertz CT molecular complexity index is 872. The summed E-state index contributed by atoms with van der Waals surface area (Å²) in [5, 5.41) is 11.9. The molecule has 2 rings (SSSR count). The second kappa shape index (κ2) is 10.0. The van der Waals surface area contributed by atoms with Gasteiger partial charge in [-0.05, 0) is 31.5 Å². The molecular weight excluding hydrogens is 408 g/mol. The zero-order chi connectivity index (χ0) is 23.2. The molecule has 1 aliphatic rings.